The molecule has 38 heavy (non-hydrogen) atoms. The molecule has 2 aliphatic rings. The first-order valence-corrected chi connectivity index (χ1v) is 15.8. The lowest BCUT2D eigenvalue weighted by Crippen LogP contribution is -2.35. The highest BCUT2D eigenvalue weighted by atomic mass is 32.2. The van der Waals surface area contributed by atoms with Crippen LogP contribution in [0, 0.1) is 0 Å². The van der Waals surface area contributed by atoms with E-state index in [1.54, 1.807) is 12.1 Å². The summed E-state index contributed by atoms with van der Waals surface area (Å²) < 4.78 is 65.6. The number of ether oxygens (including phenoxy) is 2. The Morgan fingerprint density at radius 1 is 0.789 bits per heavy atom. The molecule has 10 nitrogen and oxygen atoms in total. The highest BCUT2D eigenvalue weighted by Gasteiger charge is 2.28. The second kappa shape index (κ2) is 12.5. The molecule has 2 aromatic rings. The van der Waals surface area contributed by atoms with Crippen LogP contribution in [0.3, 0.4) is 0 Å². The summed E-state index contributed by atoms with van der Waals surface area (Å²) in [5, 5.41) is 2.73. The van der Waals surface area contributed by atoms with Gasteiger partial charge in [-0.25, -0.2) is 16.8 Å². The van der Waals surface area contributed by atoms with Crippen LogP contribution in [-0.4, -0.2) is 77.8 Å². The van der Waals surface area contributed by atoms with E-state index in [4.69, 9.17) is 9.47 Å². The molecule has 0 unspecified atom stereocenters. The van der Waals surface area contributed by atoms with Gasteiger partial charge in [0.2, 0.25) is 20.0 Å². The van der Waals surface area contributed by atoms with Crippen molar-refractivity contribution in [2.75, 3.05) is 46.4 Å². The van der Waals surface area contributed by atoms with E-state index in [9.17, 15) is 21.6 Å². The van der Waals surface area contributed by atoms with Gasteiger partial charge >= 0.3 is 0 Å². The molecular weight excluding hydrogens is 530 g/mol. The van der Waals surface area contributed by atoms with Crippen LogP contribution < -0.4 is 14.8 Å². The molecular formula is C26H35N3O7S2. The van der Waals surface area contributed by atoms with Crippen molar-refractivity contribution in [2.24, 2.45) is 0 Å². The van der Waals surface area contributed by atoms with Crippen LogP contribution in [0.1, 0.15) is 48.9 Å². The molecule has 0 atom stereocenters. The van der Waals surface area contributed by atoms with Gasteiger partial charge in [0.25, 0.3) is 5.91 Å². The SMILES string of the molecule is COc1ccc(S(=O)(=O)N2CCCCC2)cc1C(=O)NCCOc1ccc(S(=O)(=O)N2CCCCC2)cc1. The Morgan fingerprint density at radius 2 is 1.32 bits per heavy atom. The topological polar surface area (TPSA) is 122 Å². The summed E-state index contributed by atoms with van der Waals surface area (Å²) in [4.78, 5) is 13.2. The zero-order chi connectivity index (χ0) is 27.2. The minimum absolute atomic E-state index is 0.0567. The van der Waals surface area contributed by atoms with E-state index >= 15 is 0 Å². The summed E-state index contributed by atoms with van der Waals surface area (Å²) in [6.45, 7) is 2.31. The molecule has 0 bridgehead atoms. The zero-order valence-corrected chi connectivity index (χ0v) is 23.2. The van der Waals surface area contributed by atoms with Crippen molar-refractivity contribution in [2.45, 2.75) is 48.3 Å². The number of benzene rings is 2. The van der Waals surface area contributed by atoms with Gasteiger partial charge < -0.3 is 14.8 Å². The lowest BCUT2D eigenvalue weighted by molar-refractivity contribution is 0.0943. The van der Waals surface area contributed by atoms with E-state index in [2.05, 4.69) is 5.32 Å². The lowest BCUT2D eigenvalue weighted by atomic mass is 10.2. The Balaban J connectivity index is 1.34. The standard InChI is InChI=1S/C26H35N3O7S2/c1-35-25-13-12-23(38(33,34)29-17-6-3-7-18-29)20-24(25)26(30)27-14-19-36-21-8-10-22(11-9-21)37(31,32)28-15-4-2-5-16-28/h8-13,20H,2-7,14-19H2,1H3,(H,27,30). The van der Waals surface area contributed by atoms with E-state index in [1.807, 2.05) is 0 Å². The largest absolute Gasteiger partial charge is 0.496 e. The van der Waals surface area contributed by atoms with Gasteiger partial charge in [0.1, 0.15) is 18.1 Å². The highest BCUT2D eigenvalue weighted by Crippen LogP contribution is 2.27. The number of carbonyl (C=O) groups is 1. The predicted octanol–water partition coefficient (Wildman–Crippen LogP) is 2.85. The molecule has 208 valence electrons. The number of piperidine rings is 2. The predicted molar refractivity (Wildman–Crippen MR) is 142 cm³/mol. The normalized spacial score (nSPS) is 17.6. The van der Waals surface area contributed by atoms with Gasteiger partial charge in [0.05, 0.1) is 29.0 Å². The fraction of sp³-hybridized carbons (Fsp3) is 0.500. The van der Waals surface area contributed by atoms with Crippen LogP contribution in [0.15, 0.2) is 52.3 Å². The van der Waals surface area contributed by atoms with E-state index < -0.39 is 26.0 Å². The van der Waals surface area contributed by atoms with Crippen molar-refractivity contribution in [3.8, 4) is 11.5 Å². The van der Waals surface area contributed by atoms with Crippen molar-refractivity contribution < 1.29 is 31.1 Å². The molecule has 4 rings (SSSR count). The Hall–Kier alpha value is -2.67. The third-order valence-corrected chi connectivity index (χ3v) is 10.6. The summed E-state index contributed by atoms with van der Waals surface area (Å²) >= 11 is 0. The zero-order valence-electron chi connectivity index (χ0n) is 21.6. The van der Waals surface area contributed by atoms with E-state index in [1.165, 1.54) is 46.1 Å². The van der Waals surface area contributed by atoms with Crippen molar-refractivity contribution in [1.29, 1.82) is 0 Å². The number of rotatable bonds is 10. The summed E-state index contributed by atoms with van der Waals surface area (Å²) in [5.41, 5.74) is 0.123. The van der Waals surface area contributed by atoms with Crippen LogP contribution in [0.25, 0.3) is 0 Å². The van der Waals surface area contributed by atoms with Gasteiger partial charge in [0, 0.05) is 26.2 Å². The minimum Gasteiger partial charge on any atom is -0.496 e. The molecule has 0 saturated carbocycles. The van der Waals surface area contributed by atoms with Crippen LogP contribution in [-0.2, 0) is 20.0 Å². The smallest absolute Gasteiger partial charge is 0.255 e. The molecule has 1 amide bonds. The van der Waals surface area contributed by atoms with E-state index in [0.717, 1.165) is 38.5 Å². The third-order valence-electron chi connectivity index (χ3n) is 6.80. The molecule has 2 heterocycles. The number of hydrogen-bond donors (Lipinski definition) is 1. The fourth-order valence-electron chi connectivity index (χ4n) is 4.67. The number of nitrogens with one attached hydrogen (secondary N) is 1. The molecule has 0 spiro atoms. The summed E-state index contributed by atoms with van der Waals surface area (Å²) in [6, 6.07) is 10.5. The lowest BCUT2D eigenvalue weighted by Gasteiger charge is -2.26. The number of sulfonamides is 2. The van der Waals surface area contributed by atoms with Gasteiger partial charge in [-0.05, 0) is 68.1 Å². The second-order valence-electron chi connectivity index (χ2n) is 9.37. The molecule has 0 aliphatic carbocycles. The quantitative estimate of drug-likeness (QED) is 0.440. The summed E-state index contributed by atoms with van der Waals surface area (Å²) in [7, 11) is -5.79. The minimum atomic E-state index is -3.70. The highest BCUT2D eigenvalue weighted by molar-refractivity contribution is 7.89. The first-order chi connectivity index (χ1) is 18.2. The number of amides is 1. The van der Waals surface area contributed by atoms with Crippen molar-refractivity contribution in [3.05, 3.63) is 48.0 Å². The van der Waals surface area contributed by atoms with Crippen LogP contribution in [0.5, 0.6) is 11.5 Å². The molecule has 12 heteroatoms. The van der Waals surface area contributed by atoms with E-state index in [0.29, 0.717) is 31.9 Å². The third kappa shape index (κ3) is 6.48. The summed E-state index contributed by atoms with van der Waals surface area (Å²) in [6.07, 6.45) is 5.43. The average molecular weight is 566 g/mol. The molecule has 2 aliphatic heterocycles. The second-order valence-corrected chi connectivity index (χ2v) is 13.2. The first-order valence-electron chi connectivity index (χ1n) is 12.9. The van der Waals surface area contributed by atoms with Crippen LogP contribution in [0.2, 0.25) is 0 Å². The molecule has 1 N–H and O–H groups in total. The Kier molecular flexibility index (Phi) is 9.29. The van der Waals surface area contributed by atoms with E-state index in [-0.39, 0.29) is 34.3 Å². The van der Waals surface area contributed by atoms with Crippen molar-refractivity contribution in [3.63, 3.8) is 0 Å². The monoisotopic (exact) mass is 565 g/mol. The Morgan fingerprint density at radius 3 is 1.87 bits per heavy atom. The van der Waals surface area contributed by atoms with Crippen molar-refractivity contribution in [1.82, 2.24) is 13.9 Å². The first kappa shape index (κ1) is 28.3. The van der Waals surface area contributed by atoms with Gasteiger partial charge in [-0.3, -0.25) is 4.79 Å². The molecule has 0 aromatic heterocycles. The fourth-order valence-corrected chi connectivity index (χ4v) is 7.73. The van der Waals surface area contributed by atoms with Gasteiger partial charge in [0.15, 0.2) is 0 Å². The Bertz CT molecular complexity index is 1320. The van der Waals surface area contributed by atoms with Crippen LogP contribution >= 0.6 is 0 Å². The number of carbonyl (C=O) groups excluding carboxylic acids is 1. The number of nitrogens with zero attached hydrogens (tertiary/aromatic N) is 2. The molecule has 2 saturated heterocycles. The summed E-state index contributed by atoms with van der Waals surface area (Å²) in [5.74, 6) is 0.264. The molecule has 0 radical (unpaired) electrons. The maximum absolute atomic E-state index is 13.0. The molecule has 2 aromatic carbocycles. The Labute approximate surface area is 225 Å². The maximum atomic E-state index is 13.0. The van der Waals surface area contributed by atoms with Gasteiger partial charge in [-0.1, -0.05) is 12.8 Å². The number of methoxy groups -OCH3 is 1. The maximum Gasteiger partial charge on any atom is 0.255 e. The van der Waals surface area contributed by atoms with Gasteiger partial charge in [-0.2, -0.15) is 8.61 Å². The van der Waals surface area contributed by atoms with Gasteiger partial charge in [-0.15, -0.1) is 0 Å². The number of hydrogen-bond acceptors (Lipinski definition) is 7. The average Bonchev–Trinajstić information content (AvgIpc) is 2.96. The van der Waals surface area contributed by atoms with Crippen molar-refractivity contribution >= 4 is 26.0 Å². The van der Waals surface area contributed by atoms with Crippen LogP contribution in [0.4, 0.5) is 0 Å². The molecule has 2 fully saturated rings.